The van der Waals surface area contributed by atoms with E-state index in [0.717, 1.165) is 18.0 Å². The number of nitrogens with zero attached hydrogens (tertiary/aromatic N) is 1. The van der Waals surface area contributed by atoms with Crippen LogP contribution in [-0.4, -0.2) is 10.9 Å². The van der Waals surface area contributed by atoms with Crippen molar-refractivity contribution in [3.05, 3.63) is 10.6 Å². The van der Waals surface area contributed by atoms with Crippen molar-refractivity contribution in [2.45, 2.75) is 44.9 Å². The molecular weight excluding hydrogens is 220 g/mol. The number of hydrogen-bond donors (Lipinski definition) is 3. The quantitative estimate of drug-likeness (QED) is 0.547. The molecule has 1 aromatic heterocycles. The lowest BCUT2D eigenvalue weighted by molar-refractivity contribution is 0.374. The van der Waals surface area contributed by atoms with Crippen molar-refractivity contribution >= 4 is 22.4 Å². The average molecular weight is 238 g/mol. The second kappa shape index (κ2) is 4.05. The average Bonchev–Trinajstić information content (AvgIpc) is 2.61. The maximum atomic E-state index is 7.22. The minimum absolute atomic E-state index is 0.0377. The van der Waals surface area contributed by atoms with Gasteiger partial charge in [0.15, 0.2) is 11.1 Å². The van der Waals surface area contributed by atoms with Crippen molar-refractivity contribution < 1.29 is 0 Å². The fraction of sp³-hybridized carbons (Fsp3) is 0.636. The molecule has 0 fully saturated rings. The molecule has 1 aliphatic rings. The molecule has 88 valence electrons. The van der Waals surface area contributed by atoms with Crippen LogP contribution in [0.5, 0.6) is 0 Å². The molecule has 0 saturated carbocycles. The van der Waals surface area contributed by atoms with Crippen molar-refractivity contribution in [2.75, 3.05) is 5.32 Å². The first-order valence-electron chi connectivity index (χ1n) is 5.66. The first-order valence-corrected chi connectivity index (χ1v) is 6.48. The lowest BCUT2D eigenvalue weighted by atomic mass is 9.75. The van der Waals surface area contributed by atoms with Crippen LogP contribution < -0.4 is 11.1 Å². The van der Waals surface area contributed by atoms with Gasteiger partial charge in [-0.3, -0.25) is 5.41 Å². The normalized spacial score (nSPS) is 23.9. The topological polar surface area (TPSA) is 74.8 Å². The molecule has 1 atom stereocenters. The number of aromatic nitrogens is 1. The van der Waals surface area contributed by atoms with Crippen LogP contribution in [0.25, 0.3) is 0 Å². The molecule has 0 spiro atoms. The van der Waals surface area contributed by atoms with E-state index in [1.807, 2.05) is 0 Å². The highest BCUT2D eigenvalue weighted by molar-refractivity contribution is 7.15. The molecule has 0 bridgehead atoms. The van der Waals surface area contributed by atoms with E-state index in [1.165, 1.54) is 23.4 Å². The Morgan fingerprint density at radius 3 is 3.06 bits per heavy atom. The molecule has 4 N–H and O–H groups in total. The van der Waals surface area contributed by atoms with E-state index in [0.29, 0.717) is 0 Å². The van der Waals surface area contributed by atoms with Gasteiger partial charge in [-0.15, -0.1) is 11.3 Å². The van der Waals surface area contributed by atoms with E-state index in [4.69, 9.17) is 11.1 Å². The highest BCUT2D eigenvalue weighted by atomic mass is 32.1. The Kier molecular flexibility index (Phi) is 2.88. The molecule has 1 aliphatic carbocycles. The lowest BCUT2D eigenvalue weighted by Gasteiger charge is -2.31. The molecule has 0 unspecified atom stereocenters. The molecule has 5 heteroatoms. The Labute approximate surface area is 99.8 Å². The van der Waals surface area contributed by atoms with Gasteiger partial charge < -0.3 is 11.1 Å². The zero-order valence-corrected chi connectivity index (χ0v) is 10.6. The zero-order chi connectivity index (χ0) is 11.8. The zero-order valence-electron chi connectivity index (χ0n) is 9.76. The van der Waals surface area contributed by atoms with Crippen LogP contribution in [0.3, 0.4) is 0 Å². The van der Waals surface area contributed by atoms with Gasteiger partial charge in [0.05, 0.1) is 5.69 Å². The molecule has 0 saturated heterocycles. The molecule has 0 radical (unpaired) electrons. The molecular formula is C11H18N4S. The van der Waals surface area contributed by atoms with Gasteiger partial charge in [-0.1, -0.05) is 13.8 Å². The highest BCUT2D eigenvalue weighted by Crippen LogP contribution is 2.42. The van der Waals surface area contributed by atoms with Gasteiger partial charge >= 0.3 is 0 Å². The van der Waals surface area contributed by atoms with Crippen molar-refractivity contribution in [3.8, 4) is 0 Å². The Hall–Kier alpha value is -1.10. The third kappa shape index (κ3) is 1.91. The number of guanidine groups is 1. The summed E-state index contributed by atoms with van der Waals surface area (Å²) in [7, 11) is 0. The van der Waals surface area contributed by atoms with E-state index >= 15 is 0 Å². The summed E-state index contributed by atoms with van der Waals surface area (Å²) in [5.41, 5.74) is 6.75. The van der Waals surface area contributed by atoms with E-state index in [2.05, 4.69) is 24.1 Å². The van der Waals surface area contributed by atoms with E-state index < -0.39 is 0 Å². The summed E-state index contributed by atoms with van der Waals surface area (Å²) in [5.74, 6) is -0.0377. The van der Waals surface area contributed by atoms with Crippen molar-refractivity contribution in [3.63, 3.8) is 0 Å². The highest BCUT2D eigenvalue weighted by Gasteiger charge is 2.33. The Bertz CT molecular complexity index is 412. The fourth-order valence-corrected chi connectivity index (χ4v) is 3.43. The molecule has 1 aromatic rings. The number of aryl methyl sites for hydroxylation is 1. The summed E-state index contributed by atoms with van der Waals surface area (Å²) in [6, 6.07) is 0. The van der Waals surface area contributed by atoms with Crippen LogP contribution >= 0.6 is 11.3 Å². The Morgan fingerprint density at radius 2 is 2.44 bits per heavy atom. The number of hydrogen-bond acceptors (Lipinski definition) is 3. The molecule has 1 heterocycles. The number of thiazole rings is 1. The van der Waals surface area contributed by atoms with E-state index in [9.17, 15) is 0 Å². The number of fused-ring (bicyclic) bond motifs is 1. The van der Waals surface area contributed by atoms with Crippen LogP contribution in [-0.2, 0) is 11.8 Å². The summed E-state index contributed by atoms with van der Waals surface area (Å²) >= 11 is 1.64. The van der Waals surface area contributed by atoms with Crippen molar-refractivity contribution in [1.29, 1.82) is 5.41 Å². The van der Waals surface area contributed by atoms with Gasteiger partial charge in [0.2, 0.25) is 0 Å². The summed E-state index contributed by atoms with van der Waals surface area (Å²) in [6.07, 6.45) is 4.67. The van der Waals surface area contributed by atoms with Gasteiger partial charge in [-0.25, -0.2) is 4.98 Å². The summed E-state index contributed by atoms with van der Waals surface area (Å²) in [4.78, 5) is 5.96. The molecule has 16 heavy (non-hydrogen) atoms. The molecule has 0 aliphatic heterocycles. The molecule has 0 aromatic carbocycles. The Morgan fingerprint density at radius 1 is 1.69 bits per heavy atom. The van der Waals surface area contributed by atoms with Gasteiger partial charge in [-0.05, 0) is 25.7 Å². The number of anilines is 1. The van der Waals surface area contributed by atoms with E-state index in [1.54, 1.807) is 11.3 Å². The van der Waals surface area contributed by atoms with Crippen LogP contribution in [0.4, 0.5) is 5.13 Å². The van der Waals surface area contributed by atoms with Gasteiger partial charge in [0.25, 0.3) is 0 Å². The van der Waals surface area contributed by atoms with Gasteiger partial charge in [0.1, 0.15) is 0 Å². The molecule has 4 nitrogen and oxygen atoms in total. The van der Waals surface area contributed by atoms with E-state index in [-0.39, 0.29) is 11.4 Å². The first kappa shape index (κ1) is 11.4. The van der Waals surface area contributed by atoms with Crippen LogP contribution in [0, 0.1) is 5.41 Å². The second-order valence-corrected chi connectivity index (χ2v) is 5.68. The van der Waals surface area contributed by atoms with Crippen LogP contribution in [0.15, 0.2) is 0 Å². The fourth-order valence-electron chi connectivity index (χ4n) is 2.26. The molecule has 0 amide bonds. The van der Waals surface area contributed by atoms with Gasteiger partial charge in [0, 0.05) is 10.3 Å². The van der Waals surface area contributed by atoms with Gasteiger partial charge in [-0.2, -0.15) is 0 Å². The smallest absolute Gasteiger partial charge is 0.192 e. The van der Waals surface area contributed by atoms with Crippen LogP contribution in [0.1, 0.15) is 43.7 Å². The molecule has 2 rings (SSSR count). The minimum Gasteiger partial charge on any atom is -0.370 e. The largest absolute Gasteiger partial charge is 0.370 e. The summed E-state index contributed by atoms with van der Waals surface area (Å²) < 4.78 is 0. The predicted octanol–water partition coefficient (Wildman–Crippen LogP) is 2.45. The third-order valence-corrected chi connectivity index (χ3v) is 4.45. The SMILES string of the molecule is CC[C@@]1(C)CCCc2sc(NC(=N)N)nc21. The monoisotopic (exact) mass is 238 g/mol. The Balaban J connectivity index is 2.34. The standard InChI is InChI=1S/C11H18N4S/c1-3-11(2)6-4-5-7-8(11)14-10(16-7)15-9(12)13/h3-6H2,1-2H3,(H4,12,13,14,15)/t11-/m0/s1. The lowest BCUT2D eigenvalue weighted by Crippen LogP contribution is -2.26. The maximum Gasteiger partial charge on any atom is 0.192 e. The predicted molar refractivity (Wildman–Crippen MR) is 68.2 cm³/mol. The number of nitrogens with two attached hydrogens (primary N) is 1. The second-order valence-electron chi connectivity index (χ2n) is 4.60. The summed E-state index contributed by atoms with van der Waals surface area (Å²) in [5, 5.41) is 10.8. The number of rotatable bonds is 2. The van der Waals surface area contributed by atoms with Crippen molar-refractivity contribution in [1.82, 2.24) is 4.98 Å². The first-order chi connectivity index (χ1) is 7.55. The number of nitrogens with one attached hydrogen (secondary N) is 2. The third-order valence-electron chi connectivity index (χ3n) is 3.42. The van der Waals surface area contributed by atoms with Crippen molar-refractivity contribution in [2.24, 2.45) is 5.73 Å². The minimum atomic E-state index is -0.0377. The summed E-state index contributed by atoms with van der Waals surface area (Å²) in [6.45, 7) is 4.49. The van der Waals surface area contributed by atoms with Crippen LogP contribution in [0.2, 0.25) is 0 Å². The maximum absolute atomic E-state index is 7.22.